The van der Waals surface area contributed by atoms with Gasteiger partial charge in [0.25, 0.3) is 5.91 Å². The van der Waals surface area contributed by atoms with E-state index in [0.717, 1.165) is 6.42 Å². The third-order valence-electron chi connectivity index (χ3n) is 1.60. The topological polar surface area (TPSA) is 58.6 Å². The number of hydrogen-bond acceptors (Lipinski definition) is 3. The average Bonchev–Trinajstić information content (AvgIpc) is 2.19. The fraction of sp³-hybridized carbons (Fsp3) is 0.300. The zero-order valence-corrected chi connectivity index (χ0v) is 7.99. The molecule has 0 spiro atoms. The minimum Gasteiger partial charge on any atom is -0.508 e. The lowest BCUT2D eigenvalue weighted by molar-refractivity contribution is 0.0315. The first-order valence-electron chi connectivity index (χ1n) is 4.45. The quantitative estimate of drug-likeness (QED) is 0.565. The maximum absolute atomic E-state index is 11.3. The van der Waals surface area contributed by atoms with Gasteiger partial charge in [-0.1, -0.05) is 6.92 Å². The van der Waals surface area contributed by atoms with E-state index in [2.05, 4.69) is 5.48 Å². The van der Waals surface area contributed by atoms with Crippen molar-refractivity contribution in [1.29, 1.82) is 0 Å². The molecular formula is C10H13NO3. The predicted molar refractivity (Wildman–Crippen MR) is 51.8 cm³/mol. The van der Waals surface area contributed by atoms with Crippen molar-refractivity contribution in [2.45, 2.75) is 13.3 Å². The number of rotatable bonds is 4. The highest BCUT2D eigenvalue weighted by Crippen LogP contribution is 2.09. The molecule has 0 bridgehead atoms. The van der Waals surface area contributed by atoms with E-state index in [1.165, 1.54) is 24.3 Å². The van der Waals surface area contributed by atoms with Crippen LogP contribution in [0.25, 0.3) is 0 Å². The molecule has 1 rings (SSSR count). The summed E-state index contributed by atoms with van der Waals surface area (Å²) >= 11 is 0. The Balaban J connectivity index is 2.48. The molecule has 0 aliphatic rings. The Morgan fingerprint density at radius 1 is 1.43 bits per heavy atom. The smallest absolute Gasteiger partial charge is 0.274 e. The number of hydrogen-bond donors (Lipinski definition) is 2. The highest BCUT2D eigenvalue weighted by Gasteiger charge is 2.03. The van der Waals surface area contributed by atoms with Crippen LogP contribution in [0.5, 0.6) is 5.75 Å². The van der Waals surface area contributed by atoms with Gasteiger partial charge in [-0.25, -0.2) is 5.48 Å². The van der Waals surface area contributed by atoms with Crippen LogP contribution < -0.4 is 5.48 Å². The number of amides is 1. The van der Waals surface area contributed by atoms with Gasteiger partial charge in [-0.2, -0.15) is 0 Å². The minimum absolute atomic E-state index is 0.135. The van der Waals surface area contributed by atoms with E-state index in [4.69, 9.17) is 9.94 Å². The Morgan fingerprint density at radius 3 is 2.64 bits per heavy atom. The van der Waals surface area contributed by atoms with Crippen LogP contribution in [0.1, 0.15) is 23.7 Å². The number of aromatic hydroxyl groups is 1. The van der Waals surface area contributed by atoms with Crippen LogP contribution in [0, 0.1) is 0 Å². The molecular weight excluding hydrogens is 182 g/mol. The van der Waals surface area contributed by atoms with Crippen LogP contribution in [0.2, 0.25) is 0 Å². The molecule has 0 atom stereocenters. The zero-order valence-electron chi connectivity index (χ0n) is 7.99. The number of hydroxylamine groups is 1. The van der Waals surface area contributed by atoms with Crippen LogP contribution in [0.4, 0.5) is 0 Å². The minimum atomic E-state index is -0.307. The SMILES string of the molecule is CCCONC(=O)c1ccc(O)cc1. The summed E-state index contributed by atoms with van der Waals surface area (Å²) < 4.78 is 0. The lowest BCUT2D eigenvalue weighted by Crippen LogP contribution is -2.23. The molecule has 0 aliphatic carbocycles. The van der Waals surface area contributed by atoms with Gasteiger partial charge in [0, 0.05) is 5.56 Å². The molecule has 0 saturated heterocycles. The number of carbonyl (C=O) groups excluding carboxylic acids is 1. The van der Waals surface area contributed by atoms with Gasteiger partial charge in [-0.15, -0.1) is 0 Å². The molecule has 0 aliphatic heterocycles. The van der Waals surface area contributed by atoms with Gasteiger partial charge < -0.3 is 5.11 Å². The lowest BCUT2D eigenvalue weighted by Gasteiger charge is -2.04. The van der Waals surface area contributed by atoms with Crippen molar-refractivity contribution in [3.8, 4) is 5.75 Å². The molecule has 0 fully saturated rings. The standard InChI is InChI=1S/C10H13NO3/c1-2-7-14-11-10(13)8-3-5-9(12)6-4-8/h3-6,12H,2,7H2,1H3,(H,11,13). The molecule has 4 heteroatoms. The second-order valence-corrected chi connectivity index (χ2v) is 2.83. The monoisotopic (exact) mass is 195 g/mol. The molecule has 1 amide bonds. The Morgan fingerprint density at radius 2 is 2.07 bits per heavy atom. The van der Waals surface area contributed by atoms with Crippen molar-refractivity contribution in [2.24, 2.45) is 0 Å². The summed E-state index contributed by atoms with van der Waals surface area (Å²) in [5, 5.41) is 8.99. The van der Waals surface area contributed by atoms with Crippen LogP contribution >= 0.6 is 0 Å². The summed E-state index contributed by atoms with van der Waals surface area (Å²) in [6.07, 6.45) is 0.843. The van der Waals surface area contributed by atoms with Gasteiger partial charge in [-0.3, -0.25) is 9.63 Å². The van der Waals surface area contributed by atoms with Gasteiger partial charge in [0.05, 0.1) is 6.61 Å². The van der Waals surface area contributed by atoms with Crippen molar-refractivity contribution in [3.63, 3.8) is 0 Å². The Hall–Kier alpha value is -1.55. The normalized spacial score (nSPS) is 9.79. The number of benzene rings is 1. The van der Waals surface area contributed by atoms with Crippen molar-refractivity contribution < 1.29 is 14.7 Å². The maximum atomic E-state index is 11.3. The molecule has 0 aromatic heterocycles. The second kappa shape index (κ2) is 5.24. The first kappa shape index (κ1) is 10.5. The number of nitrogens with one attached hydrogen (secondary N) is 1. The summed E-state index contributed by atoms with van der Waals surface area (Å²) in [6.45, 7) is 2.44. The average molecular weight is 195 g/mol. The third-order valence-corrected chi connectivity index (χ3v) is 1.60. The van der Waals surface area contributed by atoms with E-state index in [1.54, 1.807) is 0 Å². The van der Waals surface area contributed by atoms with Crippen LogP contribution in [-0.4, -0.2) is 17.6 Å². The maximum Gasteiger partial charge on any atom is 0.274 e. The molecule has 0 unspecified atom stereocenters. The first-order chi connectivity index (χ1) is 6.74. The van der Waals surface area contributed by atoms with E-state index in [9.17, 15) is 4.79 Å². The van der Waals surface area contributed by atoms with Gasteiger partial charge in [0.2, 0.25) is 0 Å². The van der Waals surface area contributed by atoms with E-state index in [-0.39, 0.29) is 11.7 Å². The predicted octanol–water partition coefficient (Wildman–Crippen LogP) is 1.46. The van der Waals surface area contributed by atoms with E-state index in [0.29, 0.717) is 12.2 Å². The summed E-state index contributed by atoms with van der Waals surface area (Å²) in [6, 6.07) is 5.96. The van der Waals surface area contributed by atoms with Crippen molar-refractivity contribution in [2.75, 3.05) is 6.61 Å². The van der Waals surface area contributed by atoms with E-state index >= 15 is 0 Å². The molecule has 0 saturated carbocycles. The van der Waals surface area contributed by atoms with Gasteiger partial charge in [0.15, 0.2) is 0 Å². The fourth-order valence-corrected chi connectivity index (χ4v) is 0.890. The highest BCUT2D eigenvalue weighted by atomic mass is 16.6. The molecule has 1 aromatic carbocycles. The van der Waals surface area contributed by atoms with Crippen LogP contribution in [-0.2, 0) is 4.84 Å². The summed E-state index contributed by atoms with van der Waals surface area (Å²) in [5.74, 6) is -0.172. The molecule has 0 radical (unpaired) electrons. The Labute approximate surface area is 82.5 Å². The van der Waals surface area contributed by atoms with Crippen molar-refractivity contribution in [1.82, 2.24) is 5.48 Å². The molecule has 76 valence electrons. The summed E-state index contributed by atoms with van der Waals surface area (Å²) in [5.41, 5.74) is 2.76. The number of carbonyl (C=O) groups is 1. The Bertz CT molecular complexity index is 295. The zero-order chi connectivity index (χ0) is 10.4. The van der Waals surface area contributed by atoms with Gasteiger partial charge in [-0.05, 0) is 30.7 Å². The first-order valence-corrected chi connectivity index (χ1v) is 4.45. The van der Waals surface area contributed by atoms with E-state index in [1.807, 2.05) is 6.92 Å². The van der Waals surface area contributed by atoms with Gasteiger partial charge in [0.1, 0.15) is 5.75 Å². The highest BCUT2D eigenvalue weighted by molar-refractivity contribution is 5.93. The summed E-state index contributed by atoms with van der Waals surface area (Å²) in [4.78, 5) is 16.2. The van der Waals surface area contributed by atoms with Crippen molar-refractivity contribution in [3.05, 3.63) is 29.8 Å². The van der Waals surface area contributed by atoms with Crippen LogP contribution in [0.3, 0.4) is 0 Å². The molecule has 14 heavy (non-hydrogen) atoms. The Kier molecular flexibility index (Phi) is 3.94. The lowest BCUT2D eigenvalue weighted by atomic mass is 10.2. The molecule has 1 aromatic rings. The number of phenolic OH excluding ortho intramolecular Hbond substituents is 1. The van der Waals surface area contributed by atoms with Crippen LogP contribution in [0.15, 0.2) is 24.3 Å². The molecule has 0 heterocycles. The second-order valence-electron chi connectivity index (χ2n) is 2.83. The largest absolute Gasteiger partial charge is 0.508 e. The van der Waals surface area contributed by atoms with Crippen molar-refractivity contribution >= 4 is 5.91 Å². The molecule has 2 N–H and O–H groups in total. The van der Waals surface area contributed by atoms with Gasteiger partial charge >= 0.3 is 0 Å². The molecule has 4 nitrogen and oxygen atoms in total. The summed E-state index contributed by atoms with van der Waals surface area (Å²) in [7, 11) is 0. The number of phenols is 1. The fourth-order valence-electron chi connectivity index (χ4n) is 0.890. The third kappa shape index (κ3) is 3.06. The van der Waals surface area contributed by atoms with E-state index < -0.39 is 0 Å².